The Bertz CT molecular complexity index is 707. The molecule has 1 fully saturated rings. The lowest BCUT2D eigenvalue weighted by molar-refractivity contribution is -0.0419. The van der Waals surface area contributed by atoms with Crippen molar-refractivity contribution in [1.29, 1.82) is 0 Å². The fraction of sp³-hybridized carbons (Fsp3) is 0.500. The summed E-state index contributed by atoms with van der Waals surface area (Å²) in [5.74, 6) is 0.834. The van der Waals surface area contributed by atoms with Crippen LogP contribution in [0.4, 0.5) is 4.79 Å². The summed E-state index contributed by atoms with van der Waals surface area (Å²) in [7, 11) is 0. The third-order valence-corrected chi connectivity index (χ3v) is 4.87. The van der Waals surface area contributed by atoms with E-state index in [1.54, 1.807) is 11.2 Å². The van der Waals surface area contributed by atoms with Crippen LogP contribution >= 0.6 is 0 Å². The van der Waals surface area contributed by atoms with E-state index < -0.39 is 0 Å². The molecule has 29 heavy (non-hydrogen) atoms. The van der Waals surface area contributed by atoms with Crippen LogP contribution in [0.2, 0.25) is 0 Å². The summed E-state index contributed by atoms with van der Waals surface area (Å²) in [6.07, 6.45) is 2.19. The van der Waals surface area contributed by atoms with Gasteiger partial charge >= 0.3 is 6.09 Å². The predicted molar refractivity (Wildman–Crippen MR) is 108 cm³/mol. The number of ether oxygens (including phenoxy) is 3. The van der Waals surface area contributed by atoms with Gasteiger partial charge in [-0.15, -0.1) is 0 Å². The molecule has 2 aromatic rings. The van der Waals surface area contributed by atoms with Crippen LogP contribution in [0.5, 0.6) is 0 Å². The van der Waals surface area contributed by atoms with Gasteiger partial charge in [-0.1, -0.05) is 30.3 Å². The average molecular weight is 402 g/mol. The van der Waals surface area contributed by atoms with Crippen molar-refractivity contribution in [2.45, 2.75) is 38.7 Å². The maximum atomic E-state index is 12.4. The Hall–Kier alpha value is -2.35. The van der Waals surface area contributed by atoms with Crippen LogP contribution in [-0.4, -0.2) is 56.0 Å². The Balaban J connectivity index is 1.31. The number of carbonyl (C=O) groups is 1. The van der Waals surface area contributed by atoms with E-state index in [0.717, 1.165) is 24.3 Å². The van der Waals surface area contributed by atoms with Crippen LogP contribution < -0.4 is 5.32 Å². The minimum absolute atomic E-state index is 0.0583. The first kappa shape index (κ1) is 21.4. The maximum absolute atomic E-state index is 12.4. The van der Waals surface area contributed by atoms with Gasteiger partial charge in [-0.2, -0.15) is 0 Å². The average Bonchev–Trinajstić information content (AvgIpc) is 3.28. The number of amides is 1. The number of hydrogen-bond donors (Lipinski definition) is 1. The second-order valence-corrected chi connectivity index (χ2v) is 7.12. The lowest BCUT2D eigenvalue weighted by Crippen LogP contribution is -2.53. The number of morpholine rings is 1. The third kappa shape index (κ3) is 7.20. The molecule has 2 heterocycles. The molecule has 0 aliphatic carbocycles. The molecule has 158 valence electrons. The van der Waals surface area contributed by atoms with E-state index in [1.165, 1.54) is 0 Å². The fourth-order valence-corrected chi connectivity index (χ4v) is 3.16. The molecule has 0 bridgehead atoms. The highest BCUT2D eigenvalue weighted by Crippen LogP contribution is 2.12. The normalized spacial score (nSPS) is 17.8. The first-order valence-corrected chi connectivity index (χ1v) is 10.1. The van der Waals surface area contributed by atoms with E-state index in [1.807, 2.05) is 42.5 Å². The predicted octanol–water partition coefficient (Wildman–Crippen LogP) is 3.20. The Kier molecular flexibility index (Phi) is 8.55. The summed E-state index contributed by atoms with van der Waals surface area (Å²) in [6.45, 7) is 5.92. The van der Waals surface area contributed by atoms with Crippen LogP contribution in [0.1, 0.15) is 24.7 Å². The van der Waals surface area contributed by atoms with Gasteiger partial charge < -0.3 is 28.8 Å². The molecule has 1 saturated heterocycles. The lowest BCUT2D eigenvalue weighted by atomic mass is 10.1. The van der Waals surface area contributed by atoms with E-state index in [0.29, 0.717) is 32.9 Å². The van der Waals surface area contributed by atoms with Crippen molar-refractivity contribution >= 4 is 6.09 Å². The van der Waals surface area contributed by atoms with Gasteiger partial charge in [-0.05, 0) is 37.6 Å². The second kappa shape index (κ2) is 11.6. The van der Waals surface area contributed by atoms with Crippen molar-refractivity contribution in [3.63, 3.8) is 0 Å². The summed E-state index contributed by atoms with van der Waals surface area (Å²) in [5.41, 5.74) is 0.981. The molecule has 0 radical (unpaired) electrons. The van der Waals surface area contributed by atoms with Crippen molar-refractivity contribution in [2.24, 2.45) is 0 Å². The maximum Gasteiger partial charge on any atom is 0.410 e. The van der Waals surface area contributed by atoms with E-state index in [4.69, 9.17) is 18.6 Å². The quantitative estimate of drug-likeness (QED) is 0.615. The molecule has 0 spiro atoms. The zero-order valence-electron chi connectivity index (χ0n) is 16.9. The molecule has 2 atom stereocenters. The summed E-state index contributed by atoms with van der Waals surface area (Å²) in [6, 6.07) is 13.6. The first-order chi connectivity index (χ1) is 14.2. The smallest absolute Gasteiger partial charge is 0.410 e. The third-order valence-electron chi connectivity index (χ3n) is 4.87. The minimum Gasteiger partial charge on any atom is -0.467 e. The zero-order valence-corrected chi connectivity index (χ0v) is 16.9. The molecular formula is C22H30N2O5. The largest absolute Gasteiger partial charge is 0.467 e. The molecule has 1 aromatic heterocycles. The summed E-state index contributed by atoms with van der Waals surface area (Å²) in [4.78, 5) is 14.1. The van der Waals surface area contributed by atoms with Gasteiger partial charge in [0.15, 0.2) is 0 Å². The van der Waals surface area contributed by atoms with Crippen LogP contribution in [0, 0.1) is 0 Å². The van der Waals surface area contributed by atoms with Crippen LogP contribution in [0.3, 0.4) is 0 Å². The fourth-order valence-electron chi connectivity index (χ4n) is 3.16. The number of nitrogens with one attached hydrogen (secondary N) is 1. The Labute approximate surface area is 171 Å². The van der Waals surface area contributed by atoms with Crippen molar-refractivity contribution in [3.8, 4) is 0 Å². The second-order valence-electron chi connectivity index (χ2n) is 7.12. The zero-order chi connectivity index (χ0) is 20.3. The molecule has 1 aromatic carbocycles. The highest BCUT2D eigenvalue weighted by Gasteiger charge is 2.28. The van der Waals surface area contributed by atoms with Crippen LogP contribution in [0.25, 0.3) is 0 Å². The van der Waals surface area contributed by atoms with Crippen molar-refractivity contribution < 1.29 is 23.4 Å². The molecule has 0 saturated carbocycles. The SMILES string of the molecule is C[C@@H](NCCCOCc1ccco1)[C@@H]1CN(C(=O)OCc2ccccc2)CCO1. The molecule has 3 rings (SSSR count). The highest BCUT2D eigenvalue weighted by atomic mass is 16.6. The lowest BCUT2D eigenvalue weighted by Gasteiger charge is -2.35. The monoisotopic (exact) mass is 402 g/mol. The highest BCUT2D eigenvalue weighted by molar-refractivity contribution is 5.67. The number of furan rings is 1. The van der Waals surface area contributed by atoms with E-state index >= 15 is 0 Å². The molecule has 7 heteroatoms. The van der Waals surface area contributed by atoms with E-state index in [9.17, 15) is 4.79 Å². The topological polar surface area (TPSA) is 73.2 Å². The van der Waals surface area contributed by atoms with Gasteiger partial charge in [-0.25, -0.2) is 4.79 Å². The van der Waals surface area contributed by atoms with Crippen molar-refractivity contribution in [3.05, 3.63) is 60.1 Å². The molecule has 0 unspecified atom stereocenters. The van der Waals surface area contributed by atoms with Gasteiger partial charge in [0, 0.05) is 19.2 Å². The first-order valence-electron chi connectivity index (χ1n) is 10.1. The van der Waals surface area contributed by atoms with E-state index in [2.05, 4.69) is 12.2 Å². The number of benzene rings is 1. The van der Waals surface area contributed by atoms with Crippen LogP contribution in [-0.2, 0) is 27.4 Å². The standard InChI is InChI=1S/C22H30N2O5/c1-18(23-10-6-12-26-17-20-9-5-13-27-20)21-15-24(11-14-28-21)22(25)29-16-19-7-3-2-4-8-19/h2-5,7-9,13,18,21,23H,6,10-12,14-17H2,1H3/t18-,21+/m1/s1. The molecule has 1 aliphatic rings. The Morgan fingerprint density at radius 3 is 2.90 bits per heavy atom. The number of rotatable bonds is 10. The Morgan fingerprint density at radius 1 is 1.24 bits per heavy atom. The number of hydrogen-bond acceptors (Lipinski definition) is 6. The molecule has 1 N–H and O–H groups in total. The summed E-state index contributed by atoms with van der Waals surface area (Å²) < 4.78 is 22.1. The molecule has 1 amide bonds. The van der Waals surface area contributed by atoms with Crippen molar-refractivity contribution in [2.75, 3.05) is 32.8 Å². The van der Waals surface area contributed by atoms with Crippen LogP contribution in [0.15, 0.2) is 53.1 Å². The molecule has 7 nitrogen and oxygen atoms in total. The Morgan fingerprint density at radius 2 is 2.10 bits per heavy atom. The summed E-state index contributed by atoms with van der Waals surface area (Å²) in [5, 5.41) is 3.46. The van der Waals surface area contributed by atoms with Gasteiger partial charge in [-0.3, -0.25) is 0 Å². The summed E-state index contributed by atoms with van der Waals surface area (Å²) >= 11 is 0. The molecular weight excluding hydrogens is 372 g/mol. The van der Waals surface area contributed by atoms with Gasteiger partial charge in [0.05, 0.1) is 25.5 Å². The molecule has 1 aliphatic heterocycles. The van der Waals surface area contributed by atoms with E-state index in [-0.39, 0.29) is 24.8 Å². The minimum atomic E-state index is -0.291. The van der Waals surface area contributed by atoms with Gasteiger partial charge in [0.1, 0.15) is 19.0 Å². The van der Waals surface area contributed by atoms with Gasteiger partial charge in [0.25, 0.3) is 0 Å². The number of carbonyl (C=O) groups excluding carboxylic acids is 1. The van der Waals surface area contributed by atoms with Gasteiger partial charge in [0.2, 0.25) is 0 Å². The van der Waals surface area contributed by atoms with Crippen molar-refractivity contribution in [1.82, 2.24) is 10.2 Å². The number of nitrogens with zero attached hydrogens (tertiary/aromatic N) is 1.